The van der Waals surface area contributed by atoms with Crippen LogP contribution in [-0.2, 0) is 25.7 Å². The molecule has 2 N–H and O–H groups in total. The van der Waals surface area contributed by atoms with Crippen molar-refractivity contribution in [2.75, 3.05) is 0 Å². The molecule has 0 amide bonds. The predicted molar refractivity (Wildman–Crippen MR) is 113 cm³/mol. The van der Waals surface area contributed by atoms with Gasteiger partial charge in [0.25, 0.3) is 0 Å². The van der Waals surface area contributed by atoms with E-state index < -0.39 is 0 Å². The number of aryl methyl sites for hydroxylation is 4. The van der Waals surface area contributed by atoms with Gasteiger partial charge in [0.05, 0.1) is 0 Å². The molecule has 28 heavy (non-hydrogen) atoms. The average molecular weight is 370 g/mol. The number of aromatic nitrogens is 2. The highest BCUT2D eigenvalue weighted by molar-refractivity contribution is 6.10. The van der Waals surface area contributed by atoms with E-state index >= 15 is 0 Å². The maximum atomic E-state index is 13.0. The van der Waals surface area contributed by atoms with Gasteiger partial charge in [-0.25, -0.2) is 0 Å². The number of benzene rings is 1. The number of fused-ring (bicyclic) bond motifs is 2. The van der Waals surface area contributed by atoms with Crippen LogP contribution in [0.3, 0.4) is 0 Å². The molecule has 0 radical (unpaired) electrons. The number of ketones is 1. The Morgan fingerprint density at radius 2 is 1.29 bits per heavy atom. The van der Waals surface area contributed by atoms with E-state index in [-0.39, 0.29) is 5.78 Å². The maximum absolute atomic E-state index is 13.0. The van der Waals surface area contributed by atoms with Crippen molar-refractivity contribution < 1.29 is 4.79 Å². The molecule has 0 atom stereocenters. The zero-order chi connectivity index (χ0) is 18.9. The van der Waals surface area contributed by atoms with Crippen LogP contribution >= 0.6 is 0 Å². The molecule has 2 aromatic heterocycles. The summed E-state index contributed by atoms with van der Waals surface area (Å²) >= 11 is 0. The van der Waals surface area contributed by atoms with Gasteiger partial charge in [-0.1, -0.05) is 30.3 Å². The molecule has 3 aromatic rings. The summed E-state index contributed by atoms with van der Waals surface area (Å²) in [5.41, 5.74) is 9.35. The molecule has 0 saturated carbocycles. The van der Waals surface area contributed by atoms with Gasteiger partial charge >= 0.3 is 0 Å². The van der Waals surface area contributed by atoms with Gasteiger partial charge in [0, 0.05) is 33.9 Å². The molecule has 1 aromatic carbocycles. The first kappa shape index (κ1) is 17.3. The molecule has 5 rings (SSSR count). The molecule has 0 bridgehead atoms. The van der Waals surface area contributed by atoms with E-state index in [1.807, 2.05) is 36.4 Å². The smallest absolute Gasteiger partial charge is 0.186 e. The quantitative estimate of drug-likeness (QED) is 0.468. The van der Waals surface area contributed by atoms with Crippen LogP contribution in [0.2, 0.25) is 0 Å². The van der Waals surface area contributed by atoms with Gasteiger partial charge < -0.3 is 9.97 Å². The highest BCUT2D eigenvalue weighted by Gasteiger charge is 2.20. The number of rotatable bonds is 4. The van der Waals surface area contributed by atoms with Crippen LogP contribution < -0.4 is 0 Å². The Labute approximate surface area is 165 Å². The zero-order valence-electron chi connectivity index (χ0n) is 16.2. The van der Waals surface area contributed by atoms with Crippen molar-refractivity contribution in [2.45, 2.75) is 51.4 Å². The van der Waals surface area contributed by atoms with Gasteiger partial charge in [-0.15, -0.1) is 0 Å². The fourth-order valence-electron chi connectivity index (χ4n) is 4.61. The third kappa shape index (κ3) is 3.26. The molecule has 3 nitrogen and oxygen atoms in total. The van der Waals surface area contributed by atoms with Crippen LogP contribution in [0.25, 0.3) is 5.57 Å². The zero-order valence-corrected chi connectivity index (χ0v) is 16.2. The summed E-state index contributed by atoms with van der Waals surface area (Å²) in [6.07, 6.45) is 11.3. The minimum absolute atomic E-state index is 0.0516. The summed E-state index contributed by atoms with van der Waals surface area (Å²) in [6.45, 7) is 0. The third-order valence-electron chi connectivity index (χ3n) is 6.14. The summed E-state index contributed by atoms with van der Waals surface area (Å²) in [7, 11) is 0. The Morgan fingerprint density at radius 1 is 0.750 bits per heavy atom. The minimum atomic E-state index is 0.0516. The molecule has 0 fully saturated rings. The summed E-state index contributed by atoms with van der Waals surface area (Å²) in [6, 6.07) is 14.1. The van der Waals surface area contributed by atoms with Gasteiger partial charge in [0.2, 0.25) is 0 Å². The first-order valence-corrected chi connectivity index (χ1v) is 10.5. The second kappa shape index (κ2) is 7.31. The average Bonchev–Trinajstić information content (AvgIpc) is 3.36. The highest BCUT2D eigenvalue weighted by Crippen LogP contribution is 2.31. The van der Waals surface area contributed by atoms with E-state index in [9.17, 15) is 4.79 Å². The number of carbonyl (C=O) groups is 1. The fraction of sp³-hybridized carbons (Fsp3) is 0.320. The topological polar surface area (TPSA) is 48.6 Å². The van der Waals surface area contributed by atoms with Crippen LogP contribution in [0.4, 0.5) is 0 Å². The molecule has 142 valence electrons. The lowest BCUT2D eigenvalue weighted by atomic mass is 9.97. The molecular formula is C25H26N2O. The van der Waals surface area contributed by atoms with E-state index in [1.165, 1.54) is 48.2 Å². The van der Waals surface area contributed by atoms with E-state index in [1.54, 1.807) is 0 Å². The van der Waals surface area contributed by atoms with Gasteiger partial charge in [0.15, 0.2) is 5.78 Å². The van der Waals surface area contributed by atoms with Crippen molar-refractivity contribution in [3.63, 3.8) is 0 Å². The molecule has 3 heteroatoms. The van der Waals surface area contributed by atoms with E-state index in [4.69, 9.17) is 0 Å². The first-order valence-electron chi connectivity index (χ1n) is 10.5. The van der Waals surface area contributed by atoms with Gasteiger partial charge in [0.1, 0.15) is 0 Å². The summed E-state index contributed by atoms with van der Waals surface area (Å²) in [5.74, 6) is 0.0516. The molecule has 2 aliphatic carbocycles. The Balaban J connectivity index is 1.59. The first-order chi connectivity index (χ1) is 13.8. The SMILES string of the molecule is O=C(C=C(c1cc2c([nH]1)CCCC2)c1cc2c([nH]1)CCCC2)c1ccccc1. The lowest BCUT2D eigenvalue weighted by molar-refractivity contribution is 0.104. The Morgan fingerprint density at radius 3 is 1.82 bits per heavy atom. The van der Waals surface area contributed by atoms with Gasteiger partial charge in [-0.2, -0.15) is 0 Å². The summed E-state index contributed by atoms with van der Waals surface area (Å²) in [5, 5.41) is 0. The highest BCUT2D eigenvalue weighted by atomic mass is 16.1. The summed E-state index contributed by atoms with van der Waals surface area (Å²) in [4.78, 5) is 20.2. The Bertz CT molecular complexity index is 933. The van der Waals surface area contributed by atoms with E-state index in [2.05, 4.69) is 22.1 Å². The van der Waals surface area contributed by atoms with Gasteiger partial charge in [-0.3, -0.25) is 4.79 Å². The maximum Gasteiger partial charge on any atom is 0.186 e. The number of hydrogen-bond donors (Lipinski definition) is 2. The van der Waals surface area contributed by atoms with Crippen molar-refractivity contribution in [3.05, 3.63) is 88.0 Å². The van der Waals surface area contributed by atoms with Crippen LogP contribution in [0.15, 0.2) is 48.5 Å². The fourth-order valence-corrected chi connectivity index (χ4v) is 4.61. The second-order valence-electron chi connectivity index (χ2n) is 8.08. The van der Waals surface area contributed by atoms with Crippen LogP contribution in [-0.4, -0.2) is 15.8 Å². The van der Waals surface area contributed by atoms with Crippen LogP contribution in [0.5, 0.6) is 0 Å². The number of allylic oxidation sites excluding steroid dienone is 1. The van der Waals surface area contributed by atoms with Crippen molar-refractivity contribution in [2.24, 2.45) is 0 Å². The molecule has 2 aliphatic rings. The second-order valence-corrected chi connectivity index (χ2v) is 8.08. The van der Waals surface area contributed by atoms with Crippen LogP contribution in [0, 0.1) is 0 Å². The molecule has 0 spiro atoms. The number of nitrogens with one attached hydrogen (secondary N) is 2. The standard InChI is InChI=1S/C25H26N2O/c28-25(17-8-2-1-3-9-17)16-20(23-14-18-10-4-6-12-21(18)26-23)24-15-19-11-5-7-13-22(19)27-24/h1-3,8-9,14-16,26-27H,4-7,10-13H2. The summed E-state index contributed by atoms with van der Waals surface area (Å²) < 4.78 is 0. The van der Waals surface area contributed by atoms with Gasteiger partial charge in [-0.05, 0) is 80.7 Å². The molecule has 0 saturated heterocycles. The third-order valence-corrected chi connectivity index (χ3v) is 6.14. The van der Waals surface area contributed by atoms with Crippen molar-refractivity contribution >= 4 is 11.4 Å². The number of H-pyrrole nitrogens is 2. The monoisotopic (exact) mass is 370 g/mol. The van der Waals surface area contributed by atoms with Crippen molar-refractivity contribution in [1.29, 1.82) is 0 Å². The van der Waals surface area contributed by atoms with E-state index in [0.29, 0.717) is 0 Å². The van der Waals surface area contributed by atoms with E-state index in [0.717, 1.165) is 48.2 Å². The van der Waals surface area contributed by atoms with Crippen molar-refractivity contribution in [3.8, 4) is 0 Å². The normalized spacial score (nSPS) is 15.6. The predicted octanol–water partition coefficient (Wildman–Crippen LogP) is 5.42. The minimum Gasteiger partial charge on any atom is -0.358 e. The number of aromatic amines is 2. The number of hydrogen-bond acceptors (Lipinski definition) is 1. The Hall–Kier alpha value is -2.81. The number of carbonyl (C=O) groups excluding carboxylic acids is 1. The molecule has 0 unspecified atom stereocenters. The molecule has 2 heterocycles. The van der Waals surface area contributed by atoms with Crippen LogP contribution in [0.1, 0.15) is 69.9 Å². The Kier molecular flexibility index (Phi) is 4.52. The molecule has 0 aliphatic heterocycles. The largest absolute Gasteiger partial charge is 0.358 e. The lowest BCUT2D eigenvalue weighted by Gasteiger charge is -2.09. The molecular weight excluding hydrogens is 344 g/mol. The van der Waals surface area contributed by atoms with Crippen molar-refractivity contribution in [1.82, 2.24) is 9.97 Å². The lowest BCUT2D eigenvalue weighted by Crippen LogP contribution is -2.00.